The number of halogens is 1. The number of likely N-dealkylation sites (N-methyl/N-ethyl adjacent to an activating group) is 1. The van der Waals surface area contributed by atoms with Gasteiger partial charge in [0, 0.05) is 56.4 Å². The van der Waals surface area contributed by atoms with Gasteiger partial charge in [-0.1, -0.05) is 78.4 Å². The monoisotopic (exact) mass is 613 g/mol. The highest BCUT2D eigenvalue weighted by Gasteiger charge is 2.34. The maximum absolute atomic E-state index is 13.7. The number of Topliss-reactive ketones (excluding diaryl/α,β-unsaturated/α-hetero) is 1. The average Bonchev–Trinajstić information content (AvgIpc) is 3.15. The number of piperazine rings is 1. The van der Waals surface area contributed by atoms with Crippen LogP contribution in [0.15, 0.2) is 97.3 Å². The summed E-state index contributed by atoms with van der Waals surface area (Å²) in [6, 6.07) is 14.0. The Morgan fingerprint density at radius 3 is 2.52 bits per heavy atom. The Kier molecular flexibility index (Phi) is 11.0. The summed E-state index contributed by atoms with van der Waals surface area (Å²) in [6.45, 7) is 9.69. The maximum atomic E-state index is 13.7. The van der Waals surface area contributed by atoms with Crippen LogP contribution in [0.25, 0.3) is 10.9 Å². The third-order valence-corrected chi connectivity index (χ3v) is 8.21. The molecule has 0 radical (unpaired) electrons. The molecule has 3 aromatic rings. The zero-order valence-electron chi connectivity index (χ0n) is 25.5. The number of nitrogens with zero attached hydrogens (tertiary/aromatic N) is 4. The van der Waals surface area contributed by atoms with Crippen molar-refractivity contribution in [2.75, 3.05) is 39.1 Å². The minimum Gasteiger partial charge on any atom is -0.345 e. The number of rotatable bonds is 8. The molecule has 1 aliphatic heterocycles. The molecule has 0 saturated carbocycles. The third kappa shape index (κ3) is 7.38. The summed E-state index contributed by atoms with van der Waals surface area (Å²) in [7, 11) is 1.70. The zero-order valence-corrected chi connectivity index (χ0v) is 26.3. The number of nitrogens with two attached hydrogens (primary N) is 1. The second-order valence-electron chi connectivity index (χ2n) is 11.1. The lowest BCUT2D eigenvalue weighted by Gasteiger charge is -2.44. The fraction of sp³-hybridized carbons (Fsp3) is 0.286. The Balaban J connectivity index is 0.000000566. The normalized spacial score (nSPS) is 17.2. The first-order valence-electron chi connectivity index (χ1n) is 14.7. The predicted octanol–water partition coefficient (Wildman–Crippen LogP) is 5.80. The smallest absolute Gasteiger partial charge is 0.255 e. The molecule has 44 heavy (non-hydrogen) atoms. The van der Waals surface area contributed by atoms with Gasteiger partial charge < -0.3 is 15.6 Å². The van der Waals surface area contributed by atoms with Crippen LogP contribution in [0.4, 0.5) is 0 Å². The van der Waals surface area contributed by atoms with E-state index in [0.717, 1.165) is 25.9 Å². The molecule has 9 heteroatoms. The number of aromatic nitrogens is 1. The van der Waals surface area contributed by atoms with Crippen LogP contribution in [0.5, 0.6) is 0 Å². The van der Waals surface area contributed by atoms with Gasteiger partial charge in [-0.25, -0.2) is 0 Å². The number of carbonyl (C=O) groups is 3. The van der Waals surface area contributed by atoms with E-state index < -0.39 is 0 Å². The number of benzene rings is 2. The van der Waals surface area contributed by atoms with Crippen LogP contribution in [0.2, 0.25) is 5.02 Å². The van der Waals surface area contributed by atoms with E-state index in [4.69, 9.17) is 17.4 Å². The number of carbonyl (C=O) groups excluding carboxylic acids is 3. The van der Waals surface area contributed by atoms with E-state index in [0.29, 0.717) is 40.1 Å². The molecule has 230 valence electrons. The Labute approximate surface area is 264 Å². The molecule has 2 aliphatic rings. The third-order valence-electron chi connectivity index (χ3n) is 7.90. The quantitative estimate of drug-likeness (QED) is 0.150. The Hall–Kier alpha value is -4.40. The van der Waals surface area contributed by atoms with Gasteiger partial charge in [-0.2, -0.15) is 0 Å². The number of allylic oxidation sites excluding steroid dienone is 5. The van der Waals surface area contributed by atoms with E-state index >= 15 is 0 Å². The van der Waals surface area contributed by atoms with E-state index in [9.17, 15) is 14.4 Å². The van der Waals surface area contributed by atoms with Crippen molar-refractivity contribution >= 4 is 40.6 Å². The Morgan fingerprint density at radius 1 is 1.14 bits per heavy atom. The summed E-state index contributed by atoms with van der Waals surface area (Å²) in [5, 5.41) is 0.968. The summed E-state index contributed by atoms with van der Waals surface area (Å²) in [5.41, 5.74) is 4.08. The number of fused-ring (bicyclic) bond motifs is 1. The van der Waals surface area contributed by atoms with Gasteiger partial charge in [0.05, 0.1) is 22.1 Å². The molecular weight excluding hydrogens is 574 g/mol. The molecule has 1 aromatic heterocycles. The van der Waals surface area contributed by atoms with Gasteiger partial charge in [0.1, 0.15) is 0 Å². The topological polar surface area (TPSA) is 91.9 Å². The molecule has 2 N–H and O–H groups in total. The molecule has 5 rings (SSSR count). The lowest BCUT2D eigenvalue weighted by Crippen LogP contribution is -2.54. The fourth-order valence-corrected chi connectivity index (χ4v) is 5.97. The minimum atomic E-state index is -0.130. The second-order valence-corrected chi connectivity index (χ2v) is 11.5. The SMILES string of the molecule is C=CCN(C)C=O.CC(=O)c1cn(N)c2cc(Cl)c(C(=O)N3CCN(C(C4=CC=CC=CC4)c4ccccc4)CC3C)cc12. The minimum absolute atomic E-state index is 0.0249. The van der Waals surface area contributed by atoms with Gasteiger partial charge in [0.2, 0.25) is 6.41 Å². The second kappa shape index (κ2) is 14.9. The number of ketones is 1. The first-order valence-corrected chi connectivity index (χ1v) is 15.0. The van der Waals surface area contributed by atoms with Crippen molar-refractivity contribution in [3.63, 3.8) is 0 Å². The molecule has 2 atom stereocenters. The Morgan fingerprint density at radius 2 is 1.89 bits per heavy atom. The zero-order chi connectivity index (χ0) is 31.8. The molecule has 2 aromatic carbocycles. The first kappa shape index (κ1) is 32.5. The van der Waals surface area contributed by atoms with Gasteiger partial charge in [0.25, 0.3) is 5.91 Å². The number of amides is 2. The highest BCUT2D eigenvalue weighted by molar-refractivity contribution is 6.35. The maximum Gasteiger partial charge on any atom is 0.255 e. The number of hydrogen-bond acceptors (Lipinski definition) is 5. The molecule has 0 spiro atoms. The molecular formula is C35H40ClN5O3. The molecule has 1 saturated heterocycles. The van der Waals surface area contributed by atoms with Crippen molar-refractivity contribution in [3.8, 4) is 0 Å². The molecule has 2 heterocycles. The van der Waals surface area contributed by atoms with Gasteiger partial charge in [0.15, 0.2) is 5.78 Å². The van der Waals surface area contributed by atoms with Crippen molar-refractivity contribution in [3.05, 3.63) is 119 Å². The van der Waals surface area contributed by atoms with Crippen molar-refractivity contribution < 1.29 is 14.4 Å². The summed E-state index contributed by atoms with van der Waals surface area (Å²) in [5.74, 6) is 5.79. The molecule has 2 unspecified atom stereocenters. The van der Waals surface area contributed by atoms with Crippen LogP contribution in [0.1, 0.15) is 52.6 Å². The van der Waals surface area contributed by atoms with Crippen molar-refractivity contribution in [2.45, 2.75) is 32.4 Å². The highest BCUT2D eigenvalue weighted by atomic mass is 35.5. The van der Waals surface area contributed by atoms with Crippen LogP contribution < -0.4 is 5.84 Å². The van der Waals surface area contributed by atoms with Gasteiger partial charge >= 0.3 is 0 Å². The summed E-state index contributed by atoms with van der Waals surface area (Å²) >= 11 is 6.57. The predicted molar refractivity (Wildman–Crippen MR) is 178 cm³/mol. The number of hydrogen-bond donors (Lipinski definition) is 1. The van der Waals surface area contributed by atoms with Crippen LogP contribution in [0, 0.1) is 0 Å². The average molecular weight is 614 g/mol. The standard InChI is InChI=1S/C30H31ClN4O2.C5H9NO/c1-20-18-33(29(23-12-8-5-9-13-23)22-10-6-3-4-7-11-22)14-15-34(20)30(37)25-16-24-26(21(2)36)19-35(32)28(24)17-27(25)31;1-3-4-6(2)5-7/h3-10,12-13,16-17,19-20,29H,11,14-15,18,32H2,1-2H3;3,5H,1,4H2,2H3. The molecule has 1 fully saturated rings. The highest BCUT2D eigenvalue weighted by Crippen LogP contribution is 2.34. The molecule has 8 nitrogen and oxygen atoms in total. The molecule has 2 amide bonds. The summed E-state index contributed by atoms with van der Waals surface area (Å²) in [4.78, 5) is 41.5. The summed E-state index contributed by atoms with van der Waals surface area (Å²) < 4.78 is 1.38. The van der Waals surface area contributed by atoms with E-state index in [1.165, 1.54) is 27.6 Å². The van der Waals surface area contributed by atoms with E-state index in [1.807, 2.05) is 11.0 Å². The van der Waals surface area contributed by atoms with Crippen LogP contribution in [-0.4, -0.2) is 76.7 Å². The van der Waals surface area contributed by atoms with Crippen molar-refractivity contribution in [2.24, 2.45) is 0 Å². The van der Waals surface area contributed by atoms with Gasteiger partial charge in [-0.3, -0.25) is 24.0 Å². The van der Waals surface area contributed by atoms with Crippen LogP contribution in [-0.2, 0) is 4.79 Å². The van der Waals surface area contributed by atoms with Crippen molar-refractivity contribution in [1.29, 1.82) is 0 Å². The molecule has 0 bridgehead atoms. The lowest BCUT2D eigenvalue weighted by atomic mass is 9.93. The largest absolute Gasteiger partial charge is 0.345 e. The molecule has 1 aliphatic carbocycles. The van der Waals surface area contributed by atoms with Crippen LogP contribution in [0.3, 0.4) is 0 Å². The lowest BCUT2D eigenvalue weighted by molar-refractivity contribution is -0.116. The van der Waals surface area contributed by atoms with Crippen LogP contribution >= 0.6 is 11.6 Å². The van der Waals surface area contributed by atoms with E-state index in [1.54, 1.807) is 31.5 Å². The number of nitrogen functional groups attached to an aromatic ring is 1. The van der Waals surface area contributed by atoms with E-state index in [-0.39, 0.29) is 23.8 Å². The van der Waals surface area contributed by atoms with E-state index in [2.05, 4.69) is 73.0 Å². The Bertz CT molecular complexity index is 1610. The van der Waals surface area contributed by atoms with Gasteiger partial charge in [-0.15, -0.1) is 6.58 Å². The summed E-state index contributed by atoms with van der Waals surface area (Å²) in [6.07, 6.45) is 15.6. The van der Waals surface area contributed by atoms with Crippen molar-refractivity contribution in [1.82, 2.24) is 19.4 Å². The van der Waals surface area contributed by atoms with Gasteiger partial charge in [-0.05, 0) is 43.5 Å². The fourth-order valence-electron chi connectivity index (χ4n) is 5.73. The first-order chi connectivity index (χ1) is 21.2.